The van der Waals surface area contributed by atoms with Gasteiger partial charge >= 0.3 is 111 Å². The summed E-state index contributed by atoms with van der Waals surface area (Å²) in [5, 5.41) is 10.7. The van der Waals surface area contributed by atoms with E-state index in [1.54, 1.807) is 0 Å². The van der Waals surface area contributed by atoms with Crippen LogP contribution in [0.4, 0.5) is 0 Å². The predicted octanol–water partition coefficient (Wildman–Crippen LogP) is 16.7. The molecule has 0 aliphatic rings. The van der Waals surface area contributed by atoms with E-state index in [1.165, 1.54) is 82.0 Å². The molecule has 3 heteroatoms. The number of benzene rings is 8. The Morgan fingerprint density at radius 1 is 0.458 bits per heavy atom. The van der Waals surface area contributed by atoms with Gasteiger partial charge in [-0.15, -0.1) is 68.6 Å². The molecule has 0 unspecified atom stereocenters. The topological polar surface area (TPSA) is 0 Å². The van der Waals surface area contributed by atoms with Crippen molar-refractivity contribution in [1.29, 1.82) is 0 Å². The van der Waals surface area contributed by atoms with E-state index >= 15 is 0 Å². The van der Waals surface area contributed by atoms with Crippen LogP contribution in [0.3, 0.4) is 0 Å². The van der Waals surface area contributed by atoms with E-state index in [-0.39, 0.29) is 0 Å². The van der Waals surface area contributed by atoms with Crippen LogP contribution in [-0.4, -0.2) is 3.21 Å². The number of hydrogen-bond donors (Lipinski definition) is 0. The molecule has 0 aliphatic heterocycles. The molecule has 0 nitrogen and oxygen atoms in total. The van der Waals surface area contributed by atoms with Crippen LogP contribution in [0.2, 0.25) is 0 Å². The molecule has 0 aliphatic carbocycles. The van der Waals surface area contributed by atoms with Crippen LogP contribution in [0.1, 0.15) is 47.6 Å². The van der Waals surface area contributed by atoms with E-state index in [0.717, 1.165) is 14.3 Å². The second-order valence-electron chi connectivity index (χ2n) is 15.5. The molecule has 0 fully saturated rings. The Labute approximate surface area is 363 Å². The third kappa shape index (κ3) is 8.90. The van der Waals surface area contributed by atoms with Crippen LogP contribution in [0.25, 0.3) is 65.3 Å². The summed E-state index contributed by atoms with van der Waals surface area (Å²) in [5.74, 6) is 0.563. The molecule has 0 N–H and O–H groups in total. The molecular weight excluding hydrogens is 835 g/mol. The molecule has 0 radical (unpaired) electrons. The fourth-order valence-corrected chi connectivity index (χ4v) is 12.6. The Hall–Kier alpha value is -5.17. The van der Waals surface area contributed by atoms with Gasteiger partial charge < -0.3 is 0 Å². The zero-order valence-electron chi connectivity index (χ0n) is 33.9. The SMILES string of the molecule is CC(C)c1cc2c(-c3cccc4ccccc34)cccc2[cH-]1.Cc1cc2c(-c3cccc4ccccc34)ccc(C)c2[cH-]1.[Cl][Zr]([Cl])=[C](c1ccccc1)c1ccccc1. The summed E-state index contributed by atoms with van der Waals surface area (Å²) in [5.41, 5.74) is 11.7. The van der Waals surface area contributed by atoms with Crippen molar-refractivity contribution >= 4 is 63.3 Å². The van der Waals surface area contributed by atoms with E-state index in [0.29, 0.717) is 5.92 Å². The molecule has 0 atom stereocenters. The second kappa shape index (κ2) is 18.4. The molecule has 0 spiro atoms. The van der Waals surface area contributed by atoms with E-state index in [2.05, 4.69) is 191 Å². The number of halogens is 2. The van der Waals surface area contributed by atoms with Crippen LogP contribution in [0.5, 0.6) is 0 Å². The first-order valence-corrected chi connectivity index (χ1v) is 27.8. The van der Waals surface area contributed by atoms with Gasteiger partial charge in [-0.25, -0.2) is 0 Å². The number of aryl methyl sites for hydroxylation is 2. The van der Waals surface area contributed by atoms with Crippen molar-refractivity contribution in [3.05, 3.63) is 228 Å². The van der Waals surface area contributed by atoms with Gasteiger partial charge in [0, 0.05) is 0 Å². The molecule has 10 rings (SSSR count). The standard InChI is InChI=1S/C22H19.C21H17.C13H10.2ClH.Zr/c1-15(2)18-13-17-9-6-12-21(22(17)14-18)20-11-5-8-16-7-3-4-10-19(16)20;1-14-12-20-15(2)10-11-19(21(20)13-14)18-9-5-7-16-6-3-4-8-17(16)18;1-3-7-12(8-4-1)11-13-9-5-2-6-10-13;;;/h3-15H,1-2H3;3-13H,1-2H3;1-10H;2*1H;/q2*-1;;;;+2/p-2. The zero-order valence-corrected chi connectivity index (χ0v) is 37.9. The van der Waals surface area contributed by atoms with Gasteiger partial charge in [0.25, 0.3) is 0 Å². The summed E-state index contributed by atoms with van der Waals surface area (Å²) < 4.78 is 1.15. The van der Waals surface area contributed by atoms with Gasteiger partial charge in [-0.05, 0) is 38.6 Å². The summed E-state index contributed by atoms with van der Waals surface area (Å²) in [6.45, 7) is 8.87. The van der Waals surface area contributed by atoms with Crippen LogP contribution in [-0.2, 0) is 18.9 Å². The summed E-state index contributed by atoms with van der Waals surface area (Å²) in [4.78, 5) is 0. The molecule has 0 saturated carbocycles. The van der Waals surface area contributed by atoms with E-state index < -0.39 is 18.9 Å². The normalized spacial score (nSPS) is 11.0. The summed E-state index contributed by atoms with van der Waals surface area (Å²) in [6, 6.07) is 71.1. The predicted molar refractivity (Wildman–Crippen MR) is 256 cm³/mol. The van der Waals surface area contributed by atoms with Crippen LogP contribution in [0.15, 0.2) is 200 Å². The van der Waals surface area contributed by atoms with Crippen LogP contribution < -0.4 is 0 Å². The summed E-state index contributed by atoms with van der Waals surface area (Å²) in [7, 11) is 12.5. The van der Waals surface area contributed by atoms with Crippen LogP contribution >= 0.6 is 17.0 Å². The minimum atomic E-state index is -2.44. The Morgan fingerprint density at radius 3 is 1.47 bits per heavy atom. The van der Waals surface area contributed by atoms with Crippen molar-refractivity contribution in [2.75, 3.05) is 0 Å². The molecule has 0 aromatic heterocycles. The second-order valence-corrected chi connectivity index (χ2v) is 23.6. The molecule has 10 aromatic rings. The number of rotatable bonds is 5. The van der Waals surface area contributed by atoms with Crippen molar-refractivity contribution in [3.8, 4) is 22.3 Å². The van der Waals surface area contributed by atoms with E-state index in [9.17, 15) is 0 Å². The summed E-state index contributed by atoms with van der Waals surface area (Å²) >= 11 is -2.44. The van der Waals surface area contributed by atoms with E-state index in [1.807, 2.05) is 36.4 Å². The molecule has 0 amide bonds. The Kier molecular flexibility index (Phi) is 12.7. The molecule has 10 aromatic carbocycles. The zero-order chi connectivity index (χ0) is 40.9. The maximum atomic E-state index is 6.24. The molecule has 0 saturated heterocycles. The van der Waals surface area contributed by atoms with Crippen LogP contribution in [0, 0.1) is 13.8 Å². The first-order chi connectivity index (χ1) is 28.8. The molecule has 0 bridgehead atoms. The van der Waals surface area contributed by atoms with Gasteiger partial charge in [0.05, 0.1) is 0 Å². The van der Waals surface area contributed by atoms with Gasteiger partial charge in [-0.1, -0.05) is 136 Å². The average molecular weight is 881 g/mol. The van der Waals surface area contributed by atoms with Crippen molar-refractivity contribution in [2.45, 2.75) is 33.6 Å². The van der Waals surface area contributed by atoms with Crippen molar-refractivity contribution in [1.82, 2.24) is 0 Å². The molecule has 59 heavy (non-hydrogen) atoms. The summed E-state index contributed by atoms with van der Waals surface area (Å²) in [6.07, 6.45) is 0. The average Bonchev–Trinajstić information content (AvgIpc) is 3.90. The van der Waals surface area contributed by atoms with Crippen molar-refractivity contribution < 1.29 is 18.9 Å². The monoisotopic (exact) mass is 878 g/mol. The first kappa shape index (κ1) is 40.6. The third-order valence-electron chi connectivity index (χ3n) is 11.2. The fraction of sp³-hybridized carbons (Fsp3) is 0.0893. The van der Waals surface area contributed by atoms with Crippen molar-refractivity contribution in [2.24, 2.45) is 0 Å². The number of hydrogen-bond acceptors (Lipinski definition) is 0. The Morgan fingerprint density at radius 2 is 0.932 bits per heavy atom. The minimum absolute atomic E-state index is 0.563. The fourth-order valence-electron chi connectivity index (χ4n) is 8.17. The molecule has 0 heterocycles. The van der Waals surface area contributed by atoms with E-state index in [4.69, 9.17) is 17.0 Å². The van der Waals surface area contributed by atoms with Gasteiger partial charge in [0.2, 0.25) is 0 Å². The Balaban J connectivity index is 0.000000125. The van der Waals surface area contributed by atoms with Crippen molar-refractivity contribution in [3.63, 3.8) is 0 Å². The first-order valence-electron chi connectivity index (χ1n) is 20.2. The Bertz CT molecular complexity index is 3000. The van der Waals surface area contributed by atoms with Gasteiger partial charge in [0.15, 0.2) is 0 Å². The quantitative estimate of drug-likeness (QED) is 0.151. The third-order valence-corrected chi connectivity index (χ3v) is 15.7. The maximum absolute atomic E-state index is 6.24. The van der Waals surface area contributed by atoms with Gasteiger partial charge in [0.1, 0.15) is 0 Å². The molecular formula is C56H46Cl2Zr-2. The van der Waals surface area contributed by atoms with Gasteiger partial charge in [-0.2, -0.15) is 12.1 Å². The number of fused-ring (bicyclic) bond motifs is 4. The molecule has 290 valence electrons. The van der Waals surface area contributed by atoms with Gasteiger partial charge in [-0.3, -0.25) is 0 Å².